The number of amides is 3. The Morgan fingerprint density at radius 1 is 1.30 bits per heavy atom. The number of urea groups is 1. The van der Waals surface area contributed by atoms with Crippen LogP contribution >= 0.6 is 11.8 Å². The predicted octanol–water partition coefficient (Wildman–Crippen LogP) is 1.30. The molecule has 2 aromatic heterocycles. The number of nitrogens with zero attached hydrogens (tertiary/aromatic N) is 4. The van der Waals surface area contributed by atoms with Crippen molar-refractivity contribution in [3.63, 3.8) is 0 Å². The molecule has 0 unspecified atom stereocenters. The molecule has 8 nitrogen and oxygen atoms in total. The van der Waals surface area contributed by atoms with E-state index in [2.05, 4.69) is 25.8 Å². The first-order chi connectivity index (χ1) is 11.1. The van der Waals surface area contributed by atoms with Crippen molar-refractivity contribution in [3.05, 3.63) is 24.5 Å². The van der Waals surface area contributed by atoms with Gasteiger partial charge in [-0.15, -0.1) is 10.2 Å². The van der Waals surface area contributed by atoms with Gasteiger partial charge >= 0.3 is 6.03 Å². The standard InChI is InChI=1S/C14H18N6O2S/c1-4-20-11(10-5-7-16-8-6-10)18-19-14(20)23-9(2)12(21)17-13(22)15-3/h5-9H,4H2,1-3H3,(H2,15,17,21,22)/t9-/m0/s1. The van der Waals surface area contributed by atoms with Crippen LogP contribution in [0.2, 0.25) is 0 Å². The monoisotopic (exact) mass is 334 g/mol. The molecule has 23 heavy (non-hydrogen) atoms. The molecule has 2 heterocycles. The molecule has 3 amide bonds. The zero-order valence-electron chi connectivity index (χ0n) is 13.1. The van der Waals surface area contributed by atoms with Crippen molar-refractivity contribution >= 4 is 23.7 Å². The van der Waals surface area contributed by atoms with E-state index in [1.807, 2.05) is 23.6 Å². The highest BCUT2D eigenvalue weighted by molar-refractivity contribution is 8.00. The van der Waals surface area contributed by atoms with Crippen LogP contribution in [-0.4, -0.2) is 44.0 Å². The van der Waals surface area contributed by atoms with E-state index in [0.29, 0.717) is 11.7 Å². The predicted molar refractivity (Wildman–Crippen MR) is 86.8 cm³/mol. The third kappa shape index (κ3) is 4.07. The molecule has 0 fully saturated rings. The lowest BCUT2D eigenvalue weighted by Gasteiger charge is -2.11. The fraction of sp³-hybridized carbons (Fsp3) is 0.357. The Balaban J connectivity index is 2.16. The molecule has 0 spiro atoms. The second-order valence-corrected chi connectivity index (χ2v) is 5.92. The van der Waals surface area contributed by atoms with E-state index >= 15 is 0 Å². The molecule has 2 N–H and O–H groups in total. The third-order valence-electron chi connectivity index (χ3n) is 3.09. The molecule has 0 bridgehead atoms. The fourth-order valence-corrected chi connectivity index (χ4v) is 2.78. The summed E-state index contributed by atoms with van der Waals surface area (Å²) in [6.45, 7) is 4.36. The number of carbonyl (C=O) groups is 2. The SMILES string of the molecule is CCn1c(S[C@@H](C)C(=O)NC(=O)NC)nnc1-c1ccncc1. The summed E-state index contributed by atoms with van der Waals surface area (Å²) in [6.07, 6.45) is 3.38. The first kappa shape index (κ1) is 16.9. The van der Waals surface area contributed by atoms with Gasteiger partial charge in [-0.1, -0.05) is 11.8 Å². The highest BCUT2D eigenvalue weighted by atomic mass is 32.2. The molecule has 0 aliphatic carbocycles. The van der Waals surface area contributed by atoms with Crippen LogP contribution in [0.3, 0.4) is 0 Å². The highest BCUT2D eigenvalue weighted by Crippen LogP contribution is 2.26. The molecule has 0 saturated heterocycles. The molecule has 2 aromatic rings. The van der Waals surface area contributed by atoms with E-state index in [0.717, 1.165) is 11.4 Å². The molecule has 9 heteroatoms. The first-order valence-electron chi connectivity index (χ1n) is 7.09. The lowest BCUT2D eigenvalue weighted by molar-refractivity contribution is -0.119. The molecular formula is C14H18N6O2S. The zero-order chi connectivity index (χ0) is 16.8. The average molecular weight is 334 g/mol. The number of rotatable bonds is 5. The lowest BCUT2D eigenvalue weighted by atomic mass is 10.2. The van der Waals surface area contributed by atoms with Crippen LogP contribution in [0.25, 0.3) is 11.4 Å². The maximum Gasteiger partial charge on any atom is 0.321 e. The maximum atomic E-state index is 11.9. The number of thioether (sulfide) groups is 1. The van der Waals surface area contributed by atoms with Crippen molar-refractivity contribution in [2.75, 3.05) is 7.05 Å². The van der Waals surface area contributed by atoms with Gasteiger partial charge in [-0.05, 0) is 26.0 Å². The summed E-state index contributed by atoms with van der Waals surface area (Å²) < 4.78 is 1.92. The van der Waals surface area contributed by atoms with Gasteiger partial charge in [-0.3, -0.25) is 15.1 Å². The van der Waals surface area contributed by atoms with Crippen LogP contribution in [0.5, 0.6) is 0 Å². The third-order valence-corrected chi connectivity index (χ3v) is 4.17. The van der Waals surface area contributed by atoms with Gasteiger partial charge in [-0.25, -0.2) is 4.79 Å². The lowest BCUT2D eigenvalue weighted by Crippen LogP contribution is -2.41. The molecular weight excluding hydrogens is 316 g/mol. The smallest absolute Gasteiger partial charge is 0.321 e. The average Bonchev–Trinajstić information content (AvgIpc) is 2.97. The van der Waals surface area contributed by atoms with Gasteiger partial charge < -0.3 is 9.88 Å². The van der Waals surface area contributed by atoms with Crippen LogP contribution in [0.15, 0.2) is 29.7 Å². The number of hydrogen-bond acceptors (Lipinski definition) is 6. The van der Waals surface area contributed by atoms with E-state index in [1.54, 1.807) is 19.3 Å². The molecule has 0 saturated carbocycles. The summed E-state index contributed by atoms with van der Waals surface area (Å²) >= 11 is 1.25. The summed E-state index contributed by atoms with van der Waals surface area (Å²) in [7, 11) is 1.45. The summed E-state index contributed by atoms with van der Waals surface area (Å²) in [5.41, 5.74) is 0.906. The minimum atomic E-state index is -0.531. The molecule has 122 valence electrons. The molecule has 0 radical (unpaired) electrons. The Bertz CT molecular complexity index is 688. The second kappa shape index (κ2) is 7.73. The fourth-order valence-electron chi connectivity index (χ4n) is 1.86. The Morgan fingerprint density at radius 3 is 2.61 bits per heavy atom. The molecule has 1 atom stereocenters. The second-order valence-electron chi connectivity index (χ2n) is 4.61. The molecule has 0 aromatic carbocycles. The number of aromatic nitrogens is 4. The van der Waals surface area contributed by atoms with Gasteiger partial charge in [0.25, 0.3) is 0 Å². The van der Waals surface area contributed by atoms with Gasteiger partial charge in [0.2, 0.25) is 5.91 Å². The quantitative estimate of drug-likeness (QED) is 0.799. The summed E-state index contributed by atoms with van der Waals surface area (Å²) in [5.74, 6) is 0.335. The summed E-state index contributed by atoms with van der Waals surface area (Å²) in [5, 5.41) is 13.1. The van der Waals surface area contributed by atoms with Gasteiger partial charge in [-0.2, -0.15) is 0 Å². The summed E-state index contributed by atoms with van der Waals surface area (Å²) in [6, 6.07) is 3.18. The normalized spacial score (nSPS) is 11.8. The number of nitrogens with one attached hydrogen (secondary N) is 2. The Labute approximate surface area is 138 Å². The minimum Gasteiger partial charge on any atom is -0.341 e. The van der Waals surface area contributed by atoms with Crippen LogP contribution in [0.4, 0.5) is 4.79 Å². The van der Waals surface area contributed by atoms with Crippen molar-refractivity contribution in [1.29, 1.82) is 0 Å². The van der Waals surface area contributed by atoms with E-state index in [1.165, 1.54) is 18.8 Å². The van der Waals surface area contributed by atoms with Crippen LogP contribution in [0.1, 0.15) is 13.8 Å². The number of hydrogen-bond donors (Lipinski definition) is 2. The largest absolute Gasteiger partial charge is 0.341 e. The Kier molecular flexibility index (Phi) is 5.69. The van der Waals surface area contributed by atoms with Gasteiger partial charge in [0.1, 0.15) is 0 Å². The van der Waals surface area contributed by atoms with Gasteiger partial charge in [0.15, 0.2) is 11.0 Å². The highest BCUT2D eigenvalue weighted by Gasteiger charge is 2.21. The van der Waals surface area contributed by atoms with Gasteiger partial charge in [0, 0.05) is 31.5 Å². The maximum absolute atomic E-state index is 11.9. The Hall–Kier alpha value is -2.42. The van der Waals surface area contributed by atoms with E-state index in [-0.39, 0.29) is 5.91 Å². The Morgan fingerprint density at radius 2 is 2.00 bits per heavy atom. The molecule has 0 aliphatic rings. The van der Waals surface area contributed by atoms with Crippen molar-refractivity contribution in [1.82, 2.24) is 30.4 Å². The van der Waals surface area contributed by atoms with E-state index in [4.69, 9.17) is 0 Å². The molecule has 2 rings (SSSR count). The van der Waals surface area contributed by atoms with Crippen LogP contribution in [0, 0.1) is 0 Å². The number of carbonyl (C=O) groups excluding carboxylic acids is 2. The first-order valence-corrected chi connectivity index (χ1v) is 7.97. The van der Waals surface area contributed by atoms with Crippen molar-refractivity contribution in [2.45, 2.75) is 30.8 Å². The number of imide groups is 1. The van der Waals surface area contributed by atoms with Crippen LogP contribution < -0.4 is 10.6 Å². The van der Waals surface area contributed by atoms with Gasteiger partial charge in [0.05, 0.1) is 5.25 Å². The minimum absolute atomic E-state index is 0.384. The number of pyridine rings is 1. The molecule has 0 aliphatic heterocycles. The van der Waals surface area contributed by atoms with Crippen molar-refractivity contribution in [2.24, 2.45) is 0 Å². The van der Waals surface area contributed by atoms with Crippen molar-refractivity contribution < 1.29 is 9.59 Å². The topological polar surface area (TPSA) is 102 Å². The zero-order valence-corrected chi connectivity index (χ0v) is 13.9. The van der Waals surface area contributed by atoms with Crippen LogP contribution in [-0.2, 0) is 11.3 Å². The van der Waals surface area contributed by atoms with E-state index < -0.39 is 11.3 Å². The van der Waals surface area contributed by atoms with Crippen molar-refractivity contribution in [3.8, 4) is 11.4 Å². The van der Waals surface area contributed by atoms with E-state index in [9.17, 15) is 9.59 Å². The summed E-state index contributed by atoms with van der Waals surface area (Å²) in [4.78, 5) is 27.1.